The number of carbonyl (C=O) groups excluding carboxylic acids is 1. The lowest BCUT2D eigenvalue weighted by Gasteiger charge is -2.44. The highest BCUT2D eigenvalue weighted by Crippen LogP contribution is 2.33. The third kappa shape index (κ3) is 4.51. The molecule has 0 amide bonds. The Hall–Kier alpha value is -3.01. The Morgan fingerprint density at radius 3 is 2.59 bits per heavy atom. The van der Waals surface area contributed by atoms with Crippen molar-refractivity contribution in [3.05, 3.63) is 53.6 Å². The molecule has 1 aromatic carbocycles. The Balaban J connectivity index is 1.40. The zero-order chi connectivity index (χ0) is 23.9. The molecule has 2 aliphatic heterocycles. The Bertz CT molecular complexity index is 1190. The quantitative estimate of drug-likeness (QED) is 0.393. The summed E-state index contributed by atoms with van der Waals surface area (Å²) in [5.41, 5.74) is -1.14. The van der Waals surface area contributed by atoms with Crippen LogP contribution in [0.1, 0.15) is 48.3 Å². The first-order valence-electron chi connectivity index (χ1n) is 11.4. The molecule has 34 heavy (non-hydrogen) atoms. The van der Waals surface area contributed by atoms with Crippen LogP contribution in [0.3, 0.4) is 0 Å². The van der Waals surface area contributed by atoms with Gasteiger partial charge in [0.2, 0.25) is 0 Å². The summed E-state index contributed by atoms with van der Waals surface area (Å²) in [6.45, 7) is 2.34. The van der Waals surface area contributed by atoms with E-state index in [1.165, 1.54) is 24.6 Å². The van der Waals surface area contributed by atoms with Crippen molar-refractivity contribution in [3.63, 3.8) is 0 Å². The number of piperidine rings is 2. The molecule has 2 fully saturated rings. The molecule has 0 spiro atoms. The van der Waals surface area contributed by atoms with Gasteiger partial charge < -0.3 is 4.74 Å². The molecule has 2 aliphatic rings. The van der Waals surface area contributed by atoms with Gasteiger partial charge in [0, 0.05) is 23.6 Å². The third-order valence-electron chi connectivity index (χ3n) is 6.72. The zero-order valence-corrected chi connectivity index (χ0v) is 18.4. The molecule has 5 rings (SSSR count). The fourth-order valence-corrected chi connectivity index (χ4v) is 5.07. The first kappa shape index (κ1) is 22.8. The van der Waals surface area contributed by atoms with Crippen molar-refractivity contribution < 1.29 is 27.1 Å². The van der Waals surface area contributed by atoms with Gasteiger partial charge in [-0.15, -0.1) is 0 Å². The number of halogens is 4. The average molecular weight is 476 g/mol. The lowest BCUT2D eigenvalue weighted by Crippen LogP contribution is -2.49. The Labute approximate surface area is 193 Å². The third-order valence-corrected chi connectivity index (χ3v) is 6.72. The smallest absolute Gasteiger partial charge is 0.433 e. The lowest BCUT2D eigenvalue weighted by molar-refractivity contribution is -0.142. The molecule has 4 heterocycles. The molecule has 10 heteroatoms. The van der Waals surface area contributed by atoms with Crippen LogP contribution < -0.4 is 0 Å². The minimum atomic E-state index is -4.74. The SMILES string of the molecule is O=C(OC[C@@H]1CCCN2CCCC[C@@H]12)c1cc2nc(-c3ccc(F)cc3)cc(C(F)(F)F)n2n1. The van der Waals surface area contributed by atoms with Crippen LogP contribution in [0.25, 0.3) is 16.9 Å². The summed E-state index contributed by atoms with van der Waals surface area (Å²) in [7, 11) is 0. The fourth-order valence-electron chi connectivity index (χ4n) is 5.07. The monoisotopic (exact) mass is 476 g/mol. The van der Waals surface area contributed by atoms with Crippen LogP contribution in [-0.4, -0.2) is 51.2 Å². The molecule has 0 bridgehead atoms. The highest BCUT2D eigenvalue weighted by molar-refractivity contribution is 5.88. The molecule has 2 atom stereocenters. The molecule has 180 valence electrons. The van der Waals surface area contributed by atoms with E-state index in [0.717, 1.165) is 57.0 Å². The van der Waals surface area contributed by atoms with Crippen LogP contribution in [0, 0.1) is 11.7 Å². The topological polar surface area (TPSA) is 59.7 Å². The molecule has 0 unspecified atom stereocenters. The molecular formula is C24H24F4N4O2. The molecular weight excluding hydrogens is 452 g/mol. The molecule has 0 saturated carbocycles. The summed E-state index contributed by atoms with van der Waals surface area (Å²) in [5, 5.41) is 3.86. The average Bonchev–Trinajstić information content (AvgIpc) is 3.26. The highest BCUT2D eigenvalue weighted by Gasteiger charge is 2.36. The highest BCUT2D eigenvalue weighted by atomic mass is 19.4. The first-order chi connectivity index (χ1) is 16.3. The number of aromatic nitrogens is 3. The van der Waals surface area contributed by atoms with E-state index in [1.807, 2.05) is 0 Å². The molecule has 0 radical (unpaired) electrons. The first-order valence-corrected chi connectivity index (χ1v) is 11.4. The summed E-state index contributed by atoms with van der Waals surface area (Å²) in [6, 6.07) is 7.39. The van der Waals surface area contributed by atoms with Crippen LogP contribution in [0.5, 0.6) is 0 Å². The molecule has 6 nitrogen and oxygen atoms in total. The van der Waals surface area contributed by atoms with Gasteiger partial charge in [0.25, 0.3) is 0 Å². The standard InChI is InChI=1S/C24H24F4N4O2/c25-17-8-6-15(7-9-17)18-12-21(24(26,27)28)32-22(29-18)13-19(30-32)23(33)34-14-16-4-3-11-31-10-2-1-5-20(16)31/h6-9,12-13,16,20H,1-5,10-11,14H2/t16-,20-/m0/s1. The van der Waals surface area contributed by atoms with E-state index >= 15 is 0 Å². The van der Waals surface area contributed by atoms with Gasteiger partial charge in [0.05, 0.1) is 12.3 Å². The second kappa shape index (κ2) is 8.98. The zero-order valence-electron chi connectivity index (χ0n) is 18.4. The molecule has 0 aliphatic carbocycles. The van der Waals surface area contributed by atoms with Gasteiger partial charge >= 0.3 is 12.1 Å². The van der Waals surface area contributed by atoms with E-state index < -0.39 is 23.7 Å². The number of benzene rings is 1. The maximum Gasteiger partial charge on any atom is 0.433 e. The van der Waals surface area contributed by atoms with Crippen molar-refractivity contribution in [2.45, 2.75) is 44.3 Å². The fraction of sp³-hybridized carbons (Fsp3) is 0.458. The van der Waals surface area contributed by atoms with Gasteiger partial charge in [-0.3, -0.25) is 4.90 Å². The van der Waals surface area contributed by atoms with Crippen molar-refractivity contribution in [1.29, 1.82) is 0 Å². The number of rotatable bonds is 4. The predicted molar refractivity (Wildman–Crippen MR) is 116 cm³/mol. The van der Waals surface area contributed by atoms with E-state index in [4.69, 9.17) is 4.74 Å². The predicted octanol–water partition coefficient (Wildman–Crippen LogP) is 4.98. The van der Waals surface area contributed by atoms with Crippen LogP contribution >= 0.6 is 0 Å². The van der Waals surface area contributed by atoms with E-state index in [0.29, 0.717) is 16.1 Å². The van der Waals surface area contributed by atoms with E-state index in [-0.39, 0.29) is 29.6 Å². The summed E-state index contributed by atoms with van der Waals surface area (Å²) in [4.78, 5) is 19.4. The number of carbonyl (C=O) groups is 1. The van der Waals surface area contributed by atoms with Crippen molar-refractivity contribution in [2.75, 3.05) is 19.7 Å². The summed E-state index contributed by atoms with van der Waals surface area (Å²) < 4.78 is 60.7. The number of alkyl halides is 3. The molecule has 2 aromatic heterocycles. The van der Waals surface area contributed by atoms with E-state index in [9.17, 15) is 22.4 Å². The molecule has 2 saturated heterocycles. The van der Waals surface area contributed by atoms with Gasteiger partial charge in [-0.05, 0) is 69.1 Å². The Morgan fingerprint density at radius 2 is 1.82 bits per heavy atom. The maximum absolute atomic E-state index is 13.8. The summed E-state index contributed by atoms with van der Waals surface area (Å²) in [5.74, 6) is -1.07. The van der Waals surface area contributed by atoms with Crippen molar-refractivity contribution in [3.8, 4) is 11.3 Å². The van der Waals surface area contributed by atoms with Gasteiger partial charge in [0.1, 0.15) is 5.82 Å². The van der Waals surface area contributed by atoms with E-state index in [1.54, 1.807) is 0 Å². The van der Waals surface area contributed by atoms with Gasteiger partial charge in [-0.1, -0.05) is 6.42 Å². The van der Waals surface area contributed by atoms with Crippen molar-refractivity contribution in [1.82, 2.24) is 19.5 Å². The minimum absolute atomic E-state index is 0.000706. The van der Waals surface area contributed by atoms with Gasteiger partial charge in [-0.2, -0.15) is 18.3 Å². The number of esters is 1. The number of hydrogen-bond donors (Lipinski definition) is 0. The Morgan fingerprint density at radius 1 is 1.06 bits per heavy atom. The van der Waals surface area contributed by atoms with Crippen LogP contribution in [-0.2, 0) is 10.9 Å². The maximum atomic E-state index is 13.8. The van der Waals surface area contributed by atoms with Gasteiger partial charge in [0.15, 0.2) is 17.0 Å². The largest absolute Gasteiger partial charge is 0.461 e. The van der Waals surface area contributed by atoms with Crippen LogP contribution in [0.2, 0.25) is 0 Å². The van der Waals surface area contributed by atoms with Crippen molar-refractivity contribution >= 4 is 11.6 Å². The van der Waals surface area contributed by atoms with Crippen LogP contribution in [0.15, 0.2) is 36.4 Å². The number of ether oxygens (including phenoxy) is 1. The number of hydrogen-bond acceptors (Lipinski definition) is 5. The Kier molecular flexibility index (Phi) is 6.01. The van der Waals surface area contributed by atoms with E-state index in [2.05, 4.69) is 15.0 Å². The van der Waals surface area contributed by atoms with Gasteiger partial charge in [-0.25, -0.2) is 18.7 Å². The summed E-state index contributed by atoms with van der Waals surface area (Å²) in [6.07, 6.45) is 0.662. The number of nitrogens with zero attached hydrogens (tertiary/aromatic N) is 4. The summed E-state index contributed by atoms with van der Waals surface area (Å²) >= 11 is 0. The van der Waals surface area contributed by atoms with Crippen molar-refractivity contribution in [2.24, 2.45) is 5.92 Å². The lowest BCUT2D eigenvalue weighted by atomic mass is 9.84. The number of fused-ring (bicyclic) bond motifs is 2. The minimum Gasteiger partial charge on any atom is -0.461 e. The molecule has 3 aromatic rings. The normalized spacial score (nSPS) is 21.4. The molecule has 0 N–H and O–H groups in total. The van der Waals surface area contributed by atoms with Crippen LogP contribution in [0.4, 0.5) is 17.6 Å². The second-order valence-corrected chi connectivity index (χ2v) is 8.93. The second-order valence-electron chi connectivity index (χ2n) is 8.93.